The van der Waals surface area contributed by atoms with Crippen molar-refractivity contribution in [2.75, 3.05) is 6.54 Å². The molecular formula is C9H18BN. The quantitative estimate of drug-likeness (QED) is 0.479. The summed E-state index contributed by atoms with van der Waals surface area (Å²) < 4.78 is 0. The maximum atomic E-state index is 2.52. The molecule has 1 aliphatic heterocycles. The highest BCUT2D eigenvalue weighted by molar-refractivity contribution is 6.61. The second kappa shape index (κ2) is 2.67. The van der Waals surface area contributed by atoms with Gasteiger partial charge in [-0.05, 0) is 27.7 Å². The van der Waals surface area contributed by atoms with E-state index in [9.17, 15) is 0 Å². The summed E-state index contributed by atoms with van der Waals surface area (Å²) >= 11 is 0. The van der Waals surface area contributed by atoms with Gasteiger partial charge in [0.2, 0.25) is 6.85 Å². The summed E-state index contributed by atoms with van der Waals surface area (Å²) in [6.07, 6.45) is 0. The Morgan fingerprint density at radius 2 is 2.00 bits per heavy atom. The Labute approximate surface area is 70.6 Å². The molecule has 0 aliphatic carbocycles. The molecule has 0 radical (unpaired) electrons. The molecule has 0 aromatic carbocycles. The van der Waals surface area contributed by atoms with Gasteiger partial charge in [0.05, 0.1) is 0 Å². The van der Waals surface area contributed by atoms with E-state index in [1.165, 1.54) is 5.57 Å². The lowest BCUT2D eigenvalue weighted by molar-refractivity contribution is 0.273. The molecular weight excluding hydrogens is 133 g/mol. The van der Waals surface area contributed by atoms with Crippen molar-refractivity contribution in [1.82, 2.24) is 4.81 Å². The van der Waals surface area contributed by atoms with Gasteiger partial charge in [0.25, 0.3) is 0 Å². The summed E-state index contributed by atoms with van der Waals surface area (Å²) in [7, 11) is 0. The number of rotatable bonds is 0. The minimum absolute atomic E-state index is 0.313. The van der Waals surface area contributed by atoms with E-state index in [0.29, 0.717) is 12.4 Å². The lowest BCUT2D eigenvalue weighted by atomic mass is 9.63. The summed E-state index contributed by atoms with van der Waals surface area (Å²) in [6, 6.07) is 0. The first kappa shape index (κ1) is 8.86. The maximum absolute atomic E-state index is 2.52. The first-order valence-corrected chi connectivity index (χ1v) is 4.35. The van der Waals surface area contributed by atoms with Gasteiger partial charge in [-0.25, -0.2) is 0 Å². The average molecular weight is 151 g/mol. The predicted molar refractivity (Wildman–Crippen MR) is 51.8 cm³/mol. The van der Waals surface area contributed by atoms with Crippen molar-refractivity contribution in [3.8, 4) is 0 Å². The van der Waals surface area contributed by atoms with Crippen LogP contribution in [0.1, 0.15) is 27.7 Å². The molecule has 1 nitrogen and oxygen atoms in total. The zero-order chi connectivity index (χ0) is 8.65. The van der Waals surface area contributed by atoms with E-state index >= 15 is 0 Å². The van der Waals surface area contributed by atoms with Crippen molar-refractivity contribution >= 4 is 6.85 Å². The molecule has 0 N–H and O–H groups in total. The molecule has 62 valence electrons. The normalized spacial score (nSPS) is 20.8. The summed E-state index contributed by atoms with van der Waals surface area (Å²) in [5.74, 6) is 2.35. The molecule has 0 amide bonds. The van der Waals surface area contributed by atoms with E-state index < -0.39 is 0 Å². The van der Waals surface area contributed by atoms with Crippen LogP contribution in [0.2, 0.25) is 6.82 Å². The number of hydrogen-bond acceptors (Lipinski definition) is 1. The second-order valence-electron chi connectivity index (χ2n) is 4.55. The third kappa shape index (κ3) is 1.87. The Balaban J connectivity index is 2.67. The van der Waals surface area contributed by atoms with E-state index in [2.05, 4.69) is 45.3 Å². The molecule has 0 saturated heterocycles. The zero-order valence-corrected chi connectivity index (χ0v) is 8.31. The average Bonchev–Trinajstić information content (AvgIpc) is 2.08. The summed E-state index contributed by atoms with van der Waals surface area (Å²) in [4.78, 5) is 2.52. The van der Waals surface area contributed by atoms with Gasteiger partial charge in [0, 0.05) is 12.1 Å². The third-order valence-electron chi connectivity index (χ3n) is 2.30. The Hall–Kier alpha value is -0.235. The topological polar surface area (TPSA) is 3.24 Å². The minimum Gasteiger partial charge on any atom is -0.330 e. The molecule has 1 heterocycles. The molecule has 0 spiro atoms. The molecule has 0 aromatic heterocycles. The highest BCUT2D eigenvalue weighted by atomic mass is 15.1. The van der Waals surface area contributed by atoms with Crippen molar-refractivity contribution in [1.29, 1.82) is 0 Å². The predicted octanol–water partition coefficient (Wildman–Crippen LogP) is 2.21. The van der Waals surface area contributed by atoms with Gasteiger partial charge in [-0.1, -0.05) is 18.4 Å². The van der Waals surface area contributed by atoms with Gasteiger partial charge < -0.3 is 4.81 Å². The molecule has 0 bridgehead atoms. The lowest BCUT2D eigenvalue weighted by Crippen LogP contribution is -2.46. The Kier molecular flexibility index (Phi) is 2.15. The monoisotopic (exact) mass is 151 g/mol. The zero-order valence-electron chi connectivity index (χ0n) is 8.31. The van der Waals surface area contributed by atoms with E-state index in [1.54, 1.807) is 0 Å². The Bertz CT molecular complexity index is 178. The fourth-order valence-electron chi connectivity index (χ4n) is 1.82. The van der Waals surface area contributed by atoms with Crippen LogP contribution in [0.4, 0.5) is 0 Å². The van der Waals surface area contributed by atoms with E-state index in [0.717, 1.165) is 6.54 Å². The minimum atomic E-state index is 0.313. The first-order chi connectivity index (χ1) is 4.91. The van der Waals surface area contributed by atoms with Gasteiger partial charge in [0.15, 0.2) is 0 Å². The SMILES string of the molecule is CB1C=C(C)CN1C(C)(C)C. The molecule has 0 unspecified atom stereocenters. The fourth-order valence-corrected chi connectivity index (χ4v) is 1.82. The molecule has 2 heteroatoms. The van der Waals surface area contributed by atoms with Crippen LogP contribution in [-0.4, -0.2) is 23.7 Å². The van der Waals surface area contributed by atoms with E-state index in [4.69, 9.17) is 0 Å². The summed E-state index contributed by atoms with van der Waals surface area (Å²) in [5, 5.41) is 0. The number of hydrogen-bond donors (Lipinski definition) is 0. The highest BCUT2D eigenvalue weighted by Crippen LogP contribution is 2.22. The summed E-state index contributed by atoms with van der Waals surface area (Å²) in [6.45, 7) is 13.1. The van der Waals surface area contributed by atoms with Crippen molar-refractivity contribution in [3.05, 3.63) is 11.5 Å². The molecule has 0 aromatic rings. The molecule has 0 atom stereocenters. The second-order valence-corrected chi connectivity index (χ2v) is 4.55. The van der Waals surface area contributed by atoms with Crippen LogP contribution in [0, 0.1) is 0 Å². The van der Waals surface area contributed by atoms with Crippen LogP contribution in [-0.2, 0) is 0 Å². The van der Waals surface area contributed by atoms with Crippen LogP contribution < -0.4 is 0 Å². The molecule has 0 saturated carbocycles. The van der Waals surface area contributed by atoms with Crippen LogP contribution in [0.15, 0.2) is 11.5 Å². The van der Waals surface area contributed by atoms with E-state index in [-0.39, 0.29) is 0 Å². The van der Waals surface area contributed by atoms with Crippen LogP contribution in [0.25, 0.3) is 0 Å². The largest absolute Gasteiger partial charge is 0.330 e. The molecule has 1 aliphatic rings. The first-order valence-electron chi connectivity index (χ1n) is 4.35. The molecule has 1 rings (SSSR count). The van der Waals surface area contributed by atoms with Crippen LogP contribution in [0.3, 0.4) is 0 Å². The maximum Gasteiger partial charge on any atom is 0.247 e. The van der Waals surface area contributed by atoms with Crippen molar-refractivity contribution < 1.29 is 0 Å². The molecule has 11 heavy (non-hydrogen) atoms. The van der Waals surface area contributed by atoms with Gasteiger partial charge in [-0.15, -0.1) is 0 Å². The fraction of sp³-hybridized carbons (Fsp3) is 0.778. The van der Waals surface area contributed by atoms with Crippen molar-refractivity contribution in [3.63, 3.8) is 0 Å². The number of nitrogens with zero attached hydrogens (tertiary/aromatic N) is 1. The third-order valence-corrected chi connectivity index (χ3v) is 2.30. The van der Waals surface area contributed by atoms with Crippen molar-refractivity contribution in [2.24, 2.45) is 0 Å². The molecule has 0 fully saturated rings. The standard InChI is InChI=1S/C9H18BN/c1-8-6-10(5)11(7-8)9(2,3)4/h6H,7H2,1-5H3. The van der Waals surface area contributed by atoms with Crippen LogP contribution >= 0.6 is 0 Å². The summed E-state index contributed by atoms with van der Waals surface area (Å²) in [5.41, 5.74) is 1.82. The van der Waals surface area contributed by atoms with Crippen molar-refractivity contribution in [2.45, 2.75) is 40.1 Å². The Morgan fingerprint density at radius 1 is 1.45 bits per heavy atom. The lowest BCUT2D eigenvalue weighted by Gasteiger charge is -2.35. The highest BCUT2D eigenvalue weighted by Gasteiger charge is 2.30. The van der Waals surface area contributed by atoms with Gasteiger partial charge >= 0.3 is 0 Å². The van der Waals surface area contributed by atoms with Crippen LogP contribution in [0.5, 0.6) is 0 Å². The Morgan fingerprint density at radius 3 is 2.18 bits per heavy atom. The smallest absolute Gasteiger partial charge is 0.247 e. The van der Waals surface area contributed by atoms with Gasteiger partial charge in [-0.2, -0.15) is 0 Å². The van der Waals surface area contributed by atoms with Gasteiger partial charge in [-0.3, -0.25) is 0 Å². The van der Waals surface area contributed by atoms with Gasteiger partial charge in [0.1, 0.15) is 0 Å². The van der Waals surface area contributed by atoms with E-state index in [1.807, 2.05) is 0 Å².